The number of carboxylic acid groups (broad SMARTS) is 1. The molecule has 2 heterocycles. The van der Waals surface area contributed by atoms with Crippen LogP contribution in [-0.2, 0) is 14.3 Å². The molecule has 1 aromatic rings. The van der Waals surface area contributed by atoms with Gasteiger partial charge in [-0.25, -0.2) is 9.59 Å². The van der Waals surface area contributed by atoms with Gasteiger partial charge in [-0.2, -0.15) is 0 Å². The maximum atomic E-state index is 13.2. The van der Waals surface area contributed by atoms with Crippen LogP contribution in [0, 0.1) is 5.41 Å². The molecule has 2 rings (SSSR count). The molecule has 9 nitrogen and oxygen atoms in total. The Morgan fingerprint density at radius 1 is 1.16 bits per heavy atom. The highest BCUT2D eigenvalue weighted by Crippen LogP contribution is 2.21. The number of ether oxygens (including phenoxy) is 1. The number of hydrogen-bond donors (Lipinski definition) is 2. The molecule has 1 saturated heterocycles. The fourth-order valence-corrected chi connectivity index (χ4v) is 3.16. The maximum absolute atomic E-state index is 13.2. The predicted octanol–water partition coefficient (Wildman–Crippen LogP) is 2.68. The van der Waals surface area contributed by atoms with E-state index in [1.54, 1.807) is 39.2 Å². The molecular weight excluding hydrogens is 412 g/mol. The van der Waals surface area contributed by atoms with Crippen LogP contribution in [-0.4, -0.2) is 70.3 Å². The lowest BCUT2D eigenvalue weighted by atomic mass is 9.95. The Morgan fingerprint density at radius 2 is 1.78 bits per heavy atom. The highest BCUT2D eigenvalue weighted by molar-refractivity contribution is 5.91. The van der Waals surface area contributed by atoms with Gasteiger partial charge in [0.25, 0.3) is 0 Å². The number of anilines is 1. The monoisotopic (exact) mass is 446 g/mol. The number of hydrogen-bond acceptors (Lipinski definition) is 6. The Hall–Kier alpha value is -3.10. The van der Waals surface area contributed by atoms with Gasteiger partial charge in [0.15, 0.2) is 0 Å². The van der Waals surface area contributed by atoms with Crippen molar-refractivity contribution in [1.82, 2.24) is 15.2 Å². The number of carboxylic acids is 1. The third-order valence-corrected chi connectivity index (χ3v) is 4.69. The fraction of sp³-hybridized carbons (Fsp3) is 0.565. The van der Waals surface area contributed by atoms with Gasteiger partial charge in [0.2, 0.25) is 5.91 Å². The van der Waals surface area contributed by atoms with Crippen molar-refractivity contribution in [3.05, 3.63) is 36.7 Å². The van der Waals surface area contributed by atoms with Crippen molar-refractivity contribution >= 4 is 23.7 Å². The minimum atomic E-state index is -1.21. The number of carbonyl (C=O) groups excluding carboxylic acids is 2. The molecule has 0 aliphatic carbocycles. The Balaban J connectivity index is 2.27. The molecule has 2 N–H and O–H groups in total. The Kier molecular flexibility index (Phi) is 7.87. The number of pyridine rings is 1. The lowest BCUT2D eigenvalue weighted by Gasteiger charge is -2.41. The third-order valence-electron chi connectivity index (χ3n) is 4.69. The number of aliphatic carboxylic acids is 1. The number of carbonyl (C=O) groups is 3. The van der Waals surface area contributed by atoms with Gasteiger partial charge in [-0.15, -0.1) is 0 Å². The van der Waals surface area contributed by atoms with Gasteiger partial charge < -0.3 is 20.1 Å². The van der Waals surface area contributed by atoms with E-state index in [2.05, 4.69) is 10.3 Å². The van der Waals surface area contributed by atoms with Crippen LogP contribution in [0.15, 0.2) is 36.7 Å². The van der Waals surface area contributed by atoms with Crippen LogP contribution < -0.4 is 10.2 Å². The van der Waals surface area contributed by atoms with Crippen molar-refractivity contribution in [2.75, 3.05) is 24.5 Å². The topological polar surface area (TPSA) is 112 Å². The summed E-state index contributed by atoms with van der Waals surface area (Å²) in [5.41, 5.74) is -0.104. The summed E-state index contributed by atoms with van der Waals surface area (Å²) in [6, 6.07) is 1.52. The summed E-state index contributed by atoms with van der Waals surface area (Å²) in [4.78, 5) is 45.1. The van der Waals surface area contributed by atoms with E-state index >= 15 is 0 Å². The van der Waals surface area contributed by atoms with Crippen molar-refractivity contribution in [2.45, 2.75) is 59.2 Å². The molecule has 1 aromatic heterocycles. The number of rotatable bonds is 5. The van der Waals surface area contributed by atoms with E-state index in [4.69, 9.17) is 4.74 Å². The van der Waals surface area contributed by atoms with E-state index in [1.165, 1.54) is 11.0 Å². The van der Waals surface area contributed by atoms with Gasteiger partial charge in [0.1, 0.15) is 17.7 Å². The van der Waals surface area contributed by atoms with E-state index in [0.717, 1.165) is 5.69 Å². The van der Waals surface area contributed by atoms with Crippen LogP contribution >= 0.6 is 0 Å². The average Bonchev–Trinajstić information content (AvgIpc) is 2.69. The summed E-state index contributed by atoms with van der Waals surface area (Å²) in [5.74, 6) is -1.73. The molecule has 2 amide bonds. The number of amides is 2. The quantitative estimate of drug-likeness (QED) is 0.669. The van der Waals surface area contributed by atoms with Gasteiger partial charge >= 0.3 is 12.1 Å². The number of allylic oxidation sites excluding steroid dienone is 1. The number of piperazine rings is 1. The first-order chi connectivity index (χ1) is 14.8. The van der Waals surface area contributed by atoms with Crippen LogP contribution in [0.3, 0.4) is 0 Å². The SMILES string of the molecule is CC(C)(C)C=CC(NC(=O)C1CN(c2ccncc2)CCN1C(=O)OC(C)(C)C)C(=O)O. The summed E-state index contributed by atoms with van der Waals surface area (Å²) in [7, 11) is 0. The Labute approximate surface area is 189 Å². The molecular formula is C23H34N4O5. The van der Waals surface area contributed by atoms with Gasteiger partial charge in [0, 0.05) is 37.7 Å². The number of nitrogens with one attached hydrogen (secondary N) is 1. The van der Waals surface area contributed by atoms with Crippen LogP contribution in [0.2, 0.25) is 0 Å². The van der Waals surface area contributed by atoms with Gasteiger partial charge in [-0.05, 0) is 38.3 Å². The molecule has 32 heavy (non-hydrogen) atoms. The molecule has 9 heteroatoms. The second kappa shape index (κ2) is 10.0. The standard InChI is InChI=1S/C23H34N4O5/c1-22(2,3)10-7-17(20(29)30)25-19(28)18-15-26(16-8-11-24-12-9-16)13-14-27(18)21(31)32-23(4,5)6/h7-12,17-18H,13-15H2,1-6H3,(H,25,28)(H,29,30). The second-order valence-electron chi connectivity index (χ2n) is 9.89. The number of aromatic nitrogens is 1. The van der Waals surface area contributed by atoms with Crippen LogP contribution in [0.4, 0.5) is 10.5 Å². The molecule has 0 spiro atoms. The molecule has 1 aliphatic heterocycles. The average molecular weight is 447 g/mol. The first-order valence-electron chi connectivity index (χ1n) is 10.6. The highest BCUT2D eigenvalue weighted by Gasteiger charge is 2.38. The molecule has 0 saturated carbocycles. The first-order valence-corrected chi connectivity index (χ1v) is 10.6. The summed E-state index contributed by atoms with van der Waals surface area (Å²) in [6.07, 6.45) is 5.90. The van der Waals surface area contributed by atoms with E-state index in [-0.39, 0.29) is 18.5 Å². The second-order valence-corrected chi connectivity index (χ2v) is 9.89. The van der Waals surface area contributed by atoms with E-state index in [0.29, 0.717) is 6.54 Å². The minimum Gasteiger partial charge on any atom is -0.479 e. The van der Waals surface area contributed by atoms with Gasteiger partial charge in [0.05, 0.1) is 0 Å². The lowest BCUT2D eigenvalue weighted by molar-refractivity contribution is -0.141. The summed E-state index contributed by atoms with van der Waals surface area (Å²) >= 11 is 0. The molecule has 0 aromatic carbocycles. The van der Waals surface area contributed by atoms with Crippen molar-refractivity contribution in [3.8, 4) is 0 Å². The summed E-state index contributed by atoms with van der Waals surface area (Å²) in [6.45, 7) is 12.0. The summed E-state index contributed by atoms with van der Waals surface area (Å²) < 4.78 is 5.49. The minimum absolute atomic E-state index is 0.199. The maximum Gasteiger partial charge on any atom is 0.411 e. The van der Waals surface area contributed by atoms with E-state index in [1.807, 2.05) is 37.8 Å². The van der Waals surface area contributed by atoms with E-state index < -0.39 is 35.7 Å². The zero-order valence-electron chi connectivity index (χ0n) is 19.7. The van der Waals surface area contributed by atoms with Crippen LogP contribution in [0.25, 0.3) is 0 Å². The zero-order chi connectivity index (χ0) is 24.1. The largest absolute Gasteiger partial charge is 0.479 e. The molecule has 1 fully saturated rings. The van der Waals surface area contributed by atoms with Crippen molar-refractivity contribution in [3.63, 3.8) is 0 Å². The van der Waals surface area contributed by atoms with Crippen LogP contribution in [0.1, 0.15) is 41.5 Å². The molecule has 2 unspecified atom stereocenters. The van der Waals surface area contributed by atoms with Crippen LogP contribution in [0.5, 0.6) is 0 Å². The van der Waals surface area contributed by atoms with Crippen molar-refractivity contribution in [2.24, 2.45) is 5.41 Å². The fourth-order valence-electron chi connectivity index (χ4n) is 3.16. The smallest absolute Gasteiger partial charge is 0.411 e. The molecule has 176 valence electrons. The first kappa shape index (κ1) is 25.2. The van der Waals surface area contributed by atoms with Crippen molar-refractivity contribution in [1.29, 1.82) is 0 Å². The Morgan fingerprint density at radius 3 is 2.31 bits per heavy atom. The molecule has 0 bridgehead atoms. The highest BCUT2D eigenvalue weighted by atomic mass is 16.6. The molecule has 0 radical (unpaired) electrons. The molecule has 2 atom stereocenters. The third kappa shape index (κ3) is 7.55. The van der Waals surface area contributed by atoms with Gasteiger partial charge in [-0.1, -0.05) is 32.9 Å². The van der Waals surface area contributed by atoms with Crippen molar-refractivity contribution < 1.29 is 24.2 Å². The summed E-state index contributed by atoms with van der Waals surface area (Å²) in [5, 5.41) is 12.2. The normalized spacial score (nSPS) is 18.4. The predicted molar refractivity (Wildman–Crippen MR) is 121 cm³/mol. The lowest BCUT2D eigenvalue weighted by Crippen LogP contribution is -2.62. The van der Waals surface area contributed by atoms with E-state index in [9.17, 15) is 19.5 Å². The zero-order valence-corrected chi connectivity index (χ0v) is 19.7. The Bertz CT molecular complexity index is 842. The number of nitrogens with zero attached hydrogens (tertiary/aromatic N) is 3. The molecule has 1 aliphatic rings. The van der Waals surface area contributed by atoms with Gasteiger partial charge in [-0.3, -0.25) is 14.7 Å².